The highest BCUT2D eigenvalue weighted by Gasteiger charge is 2.08. The molecule has 2 unspecified atom stereocenters. The molecule has 0 aromatic heterocycles. The van der Waals surface area contributed by atoms with E-state index in [1.165, 1.54) is 11.1 Å². The molecule has 0 radical (unpaired) electrons. The van der Waals surface area contributed by atoms with Gasteiger partial charge in [-0.25, -0.2) is 0 Å². The lowest BCUT2D eigenvalue weighted by molar-refractivity contribution is 0.171. The van der Waals surface area contributed by atoms with Crippen LogP contribution in [0.5, 0.6) is 5.75 Å². The number of ether oxygens (including phenoxy) is 1. The monoisotopic (exact) mass is 299 g/mol. The van der Waals surface area contributed by atoms with Crippen LogP contribution in [0.4, 0.5) is 0 Å². The maximum absolute atomic E-state index is 10.1. The molecular weight excluding hydrogens is 274 g/mol. The molecule has 2 aromatic rings. The molecule has 0 fully saturated rings. The molecule has 118 valence electrons. The number of hydrogen-bond donors (Lipinski definition) is 2. The Bertz CT molecular complexity index is 539. The number of nitrogens with one attached hydrogen (secondary N) is 1. The molecule has 0 saturated carbocycles. The third kappa shape index (κ3) is 5.17. The predicted molar refractivity (Wildman–Crippen MR) is 90.4 cm³/mol. The molecule has 0 bridgehead atoms. The number of hydrogen-bond acceptors (Lipinski definition) is 3. The number of aliphatic hydroxyl groups is 1. The second kappa shape index (κ2) is 8.57. The van der Waals surface area contributed by atoms with E-state index in [-0.39, 0.29) is 6.10 Å². The normalized spacial score (nSPS) is 13.6. The minimum absolute atomic E-state index is 0.356. The summed E-state index contributed by atoms with van der Waals surface area (Å²) in [4.78, 5) is 0. The first-order valence-electron chi connectivity index (χ1n) is 7.75. The number of rotatable bonds is 8. The predicted octanol–water partition coefficient (Wildman–Crippen LogP) is 2.99. The van der Waals surface area contributed by atoms with Crippen LogP contribution in [-0.4, -0.2) is 31.4 Å². The first-order valence-corrected chi connectivity index (χ1v) is 7.75. The van der Waals surface area contributed by atoms with Gasteiger partial charge in [-0.1, -0.05) is 49.4 Å². The van der Waals surface area contributed by atoms with Crippen molar-refractivity contribution < 1.29 is 9.84 Å². The Morgan fingerprint density at radius 3 is 2.32 bits per heavy atom. The largest absolute Gasteiger partial charge is 0.497 e. The van der Waals surface area contributed by atoms with Crippen LogP contribution in [-0.2, 0) is 6.42 Å². The van der Waals surface area contributed by atoms with Crippen molar-refractivity contribution in [3.05, 3.63) is 65.7 Å². The second-order valence-electron chi connectivity index (χ2n) is 5.68. The molecule has 0 aliphatic carbocycles. The minimum Gasteiger partial charge on any atom is -0.497 e. The highest BCUT2D eigenvalue weighted by atomic mass is 16.5. The van der Waals surface area contributed by atoms with Crippen LogP contribution in [0, 0.1) is 0 Å². The van der Waals surface area contributed by atoms with E-state index in [1.807, 2.05) is 42.5 Å². The van der Waals surface area contributed by atoms with Crippen molar-refractivity contribution in [2.45, 2.75) is 25.4 Å². The zero-order chi connectivity index (χ0) is 15.8. The summed E-state index contributed by atoms with van der Waals surface area (Å²) in [5.41, 5.74) is 2.44. The van der Waals surface area contributed by atoms with E-state index >= 15 is 0 Å². The second-order valence-corrected chi connectivity index (χ2v) is 5.68. The van der Waals surface area contributed by atoms with Crippen LogP contribution in [0.3, 0.4) is 0 Å². The number of aliphatic hydroxyl groups excluding tert-OH is 1. The van der Waals surface area contributed by atoms with Crippen LogP contribution in [0.2, 0.25) is 0 Å². The first kappa shape index (κ1) is 16.5. The van der Waals surface area contributed by atoms with E-state index in [0.717, 1.165) is 12.3 Å². The van der Waals surface area contributed by atoms with E-state index in [9.17, 15) is 5.11 Å². The van der Waals surface area contributed by atoms with Gasteiger partial charge in [-0.05, 0) is 35.6 Å². The van der Waals surface area contributed by atoms with Gasteiger partial charge >= 0.3 is 0 Å². The third-order valence-electron chi connectivity index (χ3n) is 3.83. The molecule has 3 nitrogen and oxygen atoms in total. The Labute approximate surface area is 133 Å². The maximum Gasteiger partial charge on any atom is 0.118 e. The van der Waals surface area contributed by atoms with Gasteiger partial charge in [-0.2, -0.15) is 0 Å². The van der Waals surface area contributed by atoms with Crippen LogP contribution >= 0.6 is 0 Å². The average Bonchev–Trinajstić information content (AvgIpc) is 2.55. The van der Waals surface area contributed by atoms with Crippen molar-refractivity contribution >= 4 is 0 Å². The highest BCUT2D eigenvalue weighted by Crippen LogP contribution is 2.18. The van der Waals surface area contributed by atoms with Crippen molar-refractivity contribution in [1.29, 1.82) is 0 Å². The average molecular weight is 299 g/mol. The lowest BCUT2D eigenvalue weighted by Crippen LogP contribution is -2.31. The van der Waals surface area contributed by atoms with E-state index < -0.39 is 0 Å². The highest BCUT2D eigenvalue weighted by molar-refractivity contribution is 5.29. The molecule has 0 aliphatic rings. The summed E-state index contributed by atoms with van der Waals surface area (Å²) in [6, 6.07) is 18.2. The fraction of sp³-hybridized carbons (Fsp3) is 0.368. The van der Waals surface area contributed by atoms with Gasteiger partial charge in [-0.3, -0.25) is 0 Å². The van der Waals surface area contributed by atoms with Gasteiger partial charge in [0.15, 0.2) is 0 Å². The van der Waals surface area contributed by atoms with Crippen molar-refractivity contribution in [1.82, 2.24) is 5.32 Å². The molecule has 2 aromatic carbocycles. The molecule has 0 heterocycles. The summed E-state index contributed by atoms with van der Waals surface area (Å²) in [6.45, 7) is 3.63. The Morgan fingerprint density at radius 1 is 1.00 bits per heavy atom. The molecular formula is C19H25NO2. The van der Waals surface area contributed by atoms with Gasteiger partial charge in [0.25, 0.3) is 0 Å². The SMILES string of the molecule is COc1ccc(C(C)CNCC(O)Cc2ccccc2)cc1. The Balaban J connectivity index is 1.72. The summed E-state index contributed by atoms with van der Waals surface area (Å²) in [7, 11) is 1.67. The van der Waals surface area contributed by atoms with E-state index in [1.54, 1.807) is 7.11 Å². The van der Waals surface area contributed by atoms with Gasteiger partial charge < -0.3 is 15.2 Å². The van der Waals surface area contributed by atoms with Gasteiger partial charge in [0, 0.05) is 13.1 Å². The zero-order valence-electron chi connectivity index (χ0n) is 13.3. The fourth-order valence-corrected chi connectivity index (χ4v) is 2.48. The molecule has 2 N–H and O–H groups in total. The van der Waals surface area contributed by atoms with Crippen molar-refractivity contribution in [3.8, 4) is 5.75 Å². The van der Waals surface area contributed by atoms with Crippen LogP contribution in [0.1, 0.15) is 24.0 Å². The third-order valence-corrected chi connectivity index (χ3v) is 3.83. The van der Waals surface area contributed by atoms with Gasteiger partial charge in [0.1, 0.15) is 5.75 Å². The quantitative estimate of drug-likeness (QED) is 0.787. The molecule has 2 rings (SSSR count). The minimum atomic E-state index is -0.356. The summed E-state index contributed by atoms with van der Waals surface area (Å²) >= 11 is 0. The van der Waals surface area contributed by atoms with Crippen LogP contribution in [0.15, 0.2) is 54.6 Å². The van der Waals surface area contributed by atoms with E-state index in [0.29, 0.717) is 18.9 Å². The topological polar surface area (TPSA) is 41.5 Å². The Kier molecular flexibility index (Phi) is 6.44. The summed E-state index contributed by atoms with van der Waals surface area (Å²) in [5.74, 6) is 1.28. The molecule has 2 atom stereocenters. The van der Waals surface area contributed by atoms with E-state index in [2.05, 4.69) is 24.4 Å². The van der Waals surface area contributed by atoms with Crippen LogP contribution < -0.4 is 10.1 Å². The Morgan fingerprint density at radius 2 is 1.68 bits per heavy atom. The zero-order valence-corrected chi connectivity index (χ0v) is 13.3. The molecule has 0 aliphatic heterocycles. The standard InChI is InChI=1S/C19H25NO2/c1-15(17-8-10-19(22-2)11-9-17)13-20-14-18(21)12-16-6-4-3-5-7-16/h3-11,15,18,20-21H,12-14H2,1-2H3. The molecule has 0 spiro atoms. The van der Waals surface area contributed by atoms with Gasteiger partial charge in [0.05, 0.1) is 13.2 Å². The lowest BCUT2D eigenvalue weighted by atomic mass is 10.0. The lowest BCUT2D eigenvalue weighted by Gasteiger charge is -2.16. The van der Waals surface area contributed by atoms with Crippen LogP contribution in [0.25, 0.3) is 0 Å². The number of benzene rings is 2. The Hall–Kier alpha value is -1.84. The molecule has 22 heavy (non-hydrogen) atoms. The van der Waals surface area contributed by atoms with Gasteiger partial charge in [0.2, 0.25) is 0 Å². The fourth-order valence-electron chi connectivity index (χ4n) is 2.48. The van der Waals surface area contributed by atoms with Crippen molar-refractivity contribution in [2.75, 3.05) is 20.2 Å². The molecule has 0 saturated heterocycles. The van der Waals surface area contributed by atoms with Crippen molar-refractivity contribution in [2.24, 2.45) is 0 Å². The summed E-state index contributed by atoms with van der Waals surface area (Å²) < 4.78 is 5.17. The van der Waals surface area contributed by atoms with E-state index in [4.69, 9.17) is 4.74 Å². The van der Waals surface area contributed by atoms with Crippen molar-refractivity contribution in [3.63, 3.8) is 0 Å². The van der Waals surface area contributed by atoms with Gasteiger partial charge in [-0.15, -0.1) is 0 Å². The maximum atomic E-state index is 10.1. The first-order chi connectivity index (χ1) is 10.7. The summed E-state index contributed by atoms with van der Waals surface area (Å²) in [6.07, 6.45) is 0.329. The number of methoxy groups -OCH3 is 1. The molecule has 0 amide bonds. The molecule has 3 heteroatoms. The smallest absolute Gasteiger partial charge is 0.118 e. The summed E-state index contributed by atoms with van der Waals surface area (Å²) in [5, 5.41) is 13.4.